The molecule has 1 saturated heterocycles. The minimum atomic E-state index is -3.80. The number of para-hydroxylation sites is 2. The number of nitrogens with zero attached hydrogens (tertiary/aromatic N) is 3. The van der Waals surface area contributed by atoms with E-state index in [1.54, 1.807) is 16.7 Å². The van der Waals surface area contributed by atoms with Gasteiger partial charge in [-0.1, -0.05) is 24.3 Å². The molecule has 1 amide bonds. The first-order chi connectivity index (χ1) is 16.3. The maximum Gasteiger partial charge on any atom is 0.257 e. The minimum Gasteiger partial charge on any atom is -0.384 e. The number of sulfonamides is 1. The van der Waals surface area contributed by atoms with Crippen LogP contribution in [0.5, 0.6) is 0 Å². The average Bonchev–Trinajstić information content (AvgIpc) is 3.42. The maximum atomic E-state index is 13.2. The van der Waals surface area contributed by atoms with Crippen molar-refractivity contribution < 1.29 is 17.9 Å². The smallest absolute Gasteiger partial charge is 0.257 e. The second-order valence-corrected chi connectivity index (χ2v) is 9.83. The number of fused-ring (bicyclic) bond motifs is 2. The number of hydrogen-bond acceptors (Lipinski definition) is 7. The van der Waals surface area contributed by atoms with E-state index in [1.807, 2.05) is 24.3 Å². The molecule has 0 saturated carbocycles. The number of nitrogens with one attached hydrogen (secondary N) is 1. The zero-order chi connectivity index (χ0) is 23.9. The van der Waals surface area contributed by atoms with Gasteiger partial charge in [0, 0.05) is 13.2 Å². The predicted molar refractivity (Wildman–Crippen MR) is 128 cm³/mol. The molecular weight excluding hydrogens is 456 g/mol. The van der Waals surface area contributed by atoms with Gasteiger partial charge in [-0.05, 0) is 42.7 Å². The van der Waals surface area contributed by atoms with E-state index < -0.39 is 10.0 Å². The third kappa shape index (κ3) is 4.20. The van der Waals surface area contributed by atoms with Gasteiger partial charge in [0.2, 0.25) is 10.0 Å². The predicted octanol–water partition coefficient (Wildman–Crippen LogP) is 1.77. The lowest BCUT2D eigenvalue weighted by Crippen LogP contribution is -2.32. The van der Waals surface area contributed by atoms with Gasteiger partial charge in [-0.15, -0.1) is 0 Å². The van der Waals surface area contributed by atoms with E-state index in [1.165, 1.54) is 12.1 Å². The summed E-state index contributed by atoms with van der Waals surface area (Å²) in [6, 6.07) is 13.6. The largest absolute Gasteiger partial charge is 0.384 e. The van der Waals surface area contributed by atoms with Crippen molar-refractivity contribution in [1.29, 1.82) is 0 Å². The molecule has 0 unspecified atom stereocenters. The fourth-order valence-electron chi connectivity index (χ4n) is 4.17. The number of ether oxygens (including phenoxy) is 1. The number of anilines is 1. The molecule has 10 nitrogen and oxygen atoms in total. The number of aromatic nitrogens is 3. The normalized spacial score (nSPS) is 16.3. The van der Waals surface area contributed by atoms with Gasteiger partial charge < -0.3 is 20.4 Å². The Balaban J connectivity index is 1.57. The van der Waals surface area contributed by atoms with Crippen LogP contribution in [-0.4, -0.2) is 48.1 Å². The summed E-state index contributed by atoms with van der Waals surface area (Å²) in [5.74, 6) is -0.114. The van der Waals surface area contributed by atoms with Gasteiger partial charge in [-0.25, -0.2) is 23.5 Å². The lowest BCUT2D eigenvalue weighted by molar-refractivity contribution is 0.0859. The van der Waals surface area contributed by atoms with E-state index in [2.05, 4.69) is 5.32 Å². The van der Waals surface area contributed by atoms with Crippen molar-refractivity contribution in [3.63, 3.8) is 0 Å². The number of carbonyl (C=O) groups excluding carboxylic acids is 1. The fraction of sp³-hybridized carbons (Fsp3) is 0.261. The van der Waals surface area contributed by atoms with Crippen LogP contribution in [0.25, 0.3) is 22.2 Å². The number of nitrogen functional groups attached to an aromatic ring is 1. The lowest BCUT2D eigenvalue weighted by atomic mass is 10.2. The highest BCUT2D eigenvalue weighted by molar-refractivity contribution is 7.89. The molecule has 34 heavy (non-hydrogen) atoms. The molecule has 3 heterocycles. The summed E-state index contributed by atoms with van der Waals surface area (Å²) in [7, 11) is -3.80. The van der Waals surface area contributed by atoms with Crippen LogP contribution in [0.3, 0.4) is 0 Å². The van der Waals surface area contributed by atoms with Crippen molar-refractivity contribution in [3.8, 4) is 0 Å². The van der Waals surface area contributed by atoms with E-state index in [4.69, 9.17) is 25.6 Å². The first-order valence-corrected chi connectivity index (χ1v) is 12.4. The van der Waals surface area contributed by atoms with E-state index in [-0.39, 0.29) is 34.8 Å². The van der Waals surface area contributed by atoms with Crippen LogP contribution in [0.1, 0.15) is 28.8 Å². The minimum absolute atomic E-state index is 0.0113. The Morgan fingerprint density at radius 3 is 2.47 bits per heavy atom. The summed E-state index contributed by atoms with van der Waals surface area (Å²) in [5, 5.41) is 8.11. The Morgan fingerprint density at radius 2 is 1.82 bits per heavy atom. The van der Waals surface area contributed by atoms with E-state index in [0.29, 0.717) is 35.3 Å². The molecule has 4 aromatic rings. The molecule has 176 valence electrons. The summed E-state index contributed by atoms with van der Waals surface area (Å²) < 4.78 is 30.5. The number of nitrogens with two attached hydrogens (primary N) is 2. The average molecular weight is 481 g/mol. The van der Waals surface area contributed by atoms with Gasteiger partial charge in [0.25, 0.3) is 5.91 Å². The number of carbonyl (C=O) groups is 1. The van der Waals surface area contributed by atoms with Crippen LogP contribution in [0.4, 0.5) is 5.82 Å². The standard InChI is InChI=1S/C23H24N6O4S/c24-21-19(23(30)26-12-15-4-3-11-33-15)20-22(28-18-6-2-1-5-17(18)27-20)29(21)13-14-7-9-16(10-8-14)34(25,31)32/h1-2,5-10,15H,3-4,11-13,24H2,(H,26,30)(H2,25,31,32)/t15-/m1/s1. The van der Waals surface area contributed by atoms with E-state index in [0.717, 1.165) is 18.4 Å². The summed E-state index contributed by atoms with van der Waals surface area (Å²) in [4.78, 5) is 22.6. The molecule has 0 radical (unpaired) electrons. The van der Waals surface area contributed by atoms with Gasteiger partial charge in [-0.2, -0.15) is 0 Å². The van der Waals surface area contributed by atoms with Crippen molar-refractivity contribution in [1.82, 2.24) is 19.9 Å². The zero-order valence-corrected chi connectivity index (χ0v) is 19.1. The summed E-state index contributed by atoms with van der Waals surface area (Å²) in [6.07, 6.45) is 1.86. The quantitative estimate of drug-likeness (QED) is 0.380. The Hall–Kier alpha value is -3.54. The Bertz CT molecular complexity index is 1490. The first-order valence-electron chi connectivity index (χ1n) is 10.9. The van der Waals surface area contributed by atoms with Gasteiger partial charge in [-0.3, -0.25) is 4.79 Å². The zero-order valence-electron chi connectivity index (χ0n) is 18.3. The molecule has 0 spiro atoms. The van der Waals surface area contributed by atoms with Crippen molar-refractivity contribution in [2.45, 2.75) is 30.4 Å². The summed E-state index contributed by atoms with van der Waals surface area (Å²) >= 11 is 0. The Kier molecular flexibility index (Phi) is 5.68. The highest BCUT2D eigenvalue weighted by Gasteiger charge is 2.25. The van der Waals surface area contributed by atoms with Crippen LogP contribution in [0, 0.1) is 0 Å². The van der Waals surface area contributed by atoms with Crippen LogP contribution in [0.2, 0.25) is 0 Å². The molecular formula is C23H24N6O4S. The van der Waals surface area contributed by atoms with Gasteiger partial charge >= 0.3 is 0 Å². The fourth-order valence-corrected chi connectivity index (χ4v) is 4.68. The third-order valence-corrected chi connectivity index (χ3v) is 6.85. The Morgan fingerprint density at radius 1 is 1.12 bits per heavy atom. The molecule has 1 aliphatic heterocycles. The number of amides is 1. The molecule has 0 aliphatic carbocycles. The number of hydrogen-bond donors (Lipinski definition) is 3. The molecule has 0 bridgehead atoms. The monoisotopic (exact) mass is 480 g/mol. The molecule has 11 heteroatoms. The SMILES string of the molecule is Nc1c(C(=O)NC[C@H]2CCCO2)c2nc3ccccc3nc2n1Cc1ccc(S(N)(=O)=O)cc1. The topological polar surface area (TPSA) is 155 Å². The van der Waals surface area contributed by atoms with Gasteiger partial charge in [0.1, 0.15) is 16.9 Å². The summed E-state index contributed by atoms with van der Waals surface area (Å²) in [5.41, 5.74) is 9.70. The van der Waals surface area contributed by atoms with E-state index in [9.17, 15) is 13.2 Å². The molecule has 1 fully saturated rings. The van der Waals surface area contributed by atoms with Crippen LogP contribution < -0.4 is 16.2 Å². The number of primary sulfonamides is 1. The van der Waals surface area contributed by atoms with Crippen molar-refractivity contribution in [2.75, 3.05) is 18.9 Å². The molecule has 1 aliphatic rings. The second-order valence-electron chi connectivity index (χ2n) is 8.26. The van der Waals surface area contributed by atoms with Crippen LogP contribution >= 0.6 is 0 Å². The molecule has 5 N–H and O–H groups in total. The highest BCUT2D eigenvalue weighted by atomic mass is 32.2. The van der Waals surface area contributed by atoms with Gasteiger partial charge in [0.15, 0.2) is 5.65 Å². The third-order valence-electron chi connectivity index (χ3n) is 5.93. The van der Waals surface area contributed by atoms with Crippen molar-refractivity contribution in [2.24, 2.45) is 5.14 Å². The highest BCUT2D eigenvalue weighted by Crippen LogP contribution is 2.29. The lowest BCUT2D eigenvalue weighted by Gasteiger charge is -2.11. The van der Waals surface area contributed by atoms with Crippen LogP contribution in [0.15, 0.2) is 53.4 Å². The second kappa shape index (κ2) is 8.67. The van der Waals surface area contributed by atoms with Crippen molar-refractivity contribution in [3.05, 3.63) is 59.7 Å². The molecule has 2 aromatic heterocycles. The van der Waals surface area contributed by atoms with E-state index >= 15 is 0 Å². The first kappa shape index (κ1) is 22.3. The number of benzene rings is 2. The number of rotatable bonds is 6. The summed E-state index contributed by atoms with van der Waals surface area (Å²) in [6.45, 7) is 1.35. The molecule has 1 atom stereocenters. The molecule has 2 aromatic carbocycles. The Labute approximate surface area is 196 Å². The van der Waals surface area contributed by atoms with Crippen molar-refractivity contribution >= 4 is 43.9 Å². The van der Waals surface area contributed by atoms with Crippen LogP contribution in [-0.2, 0) is 21.3 Å². The maximum absolute atomic E-state index is 13.2. The van der Waals surface area contributed by atoms with Gasteiger partial charge in [0.05, 0.1) is 28.6 Å². The molecule has 5 rings (SSSR count).